The molecule has 21 heavy (non-hydrogen) atoms. The molecule has 0 atom stereocenters. The Labute approximate surface area is 132 Å². The number of rotatable bonds is 4. The van der Waals surface area contributed by atoms with Crippen molar-refractivity contribution >= 4 is 21.4 Å². The van der Waals surface area contributed by atoms with Gasteiger partial charge in [-0.15, -0.1) is 11.3 Å². The van der Waals surface area contributed by atoms with Crippen LogP contribution in [0.2, 0.25) is 0 Å². The molecule has 0 radical (unpaired) electrons. The predicted octanol–water partition coefficient (Wildman–Crippen LogP) is 3.10. The second kappa shape index (κ2) is 5.99. The van der Waals surface area contributed by atoms with E-state index < -0.39 is 10.0 Å². The third-order valence-electron chi connectivity index (χ3n) is 4.63. The van der Waals surface area contributed by atoms with E-state index >= 15 is 0 Å². The zero-order valence-electron chi connectivity index (χ0n) is 13.3. The molecule has 0 aliphatic heterocycles. The summed E-state index contributed by atoms with van der Waals surface area (Å²) in [6.45, 7) is 6.64. The first-order valence-electron chi connectivity index (χ1n) is 7.44. The van der Waals surface area contributed by atoms with Crippen LogP contribution in [0.15, 0.2) is 10.3 Å². The van der Waals surface area contributed by atoms with E-state index in [4.69, 9.17) is 5.73 Å². The summed E-state index contributed by atoms with van der Waals surface area (Å²) in [4.78, 5) is 1.19. The van der Waals surface area contributed by atoms with Crippen LogP contribution in [0.25, 0.3) is 0 Å². The van der Waals surface area contributed by atoms with Crippen molar-refractivity contribution < 1.29 is 8.42 Å². The highest BCUT2D eigenvalue weighted by atomic mass is 32.2. The molecule has 1 saturated carbocycles. The Kier molecular flexibility index (Phi) is 4.83. The van der Waals surface area contributed by atoms with Crippen LogP contribution in [0.4, 0.5) is 0 Å². The zero-order valence-corrected chi connectivity index (χ0v) is 15.0. The lowest BCUT2D eigenvalue weighted by molar-refractivity contribution is 0.174. The zero-order chi connectivity index (χ0) is 15.8. The maximum atomic E-state index is 12.9. The van der Waals surface area contributed by atoms with Crippen LogP contribution in [0.3, 0.4) is 0 Å². The first-order chi connectivity index (χ1) is 9.69. The average molecular weight is 331 g/mol. The van der Waals surface area contributed by atoms with E-state index in [1.54, 1.807) is 11.4 Å². The van der Waals surface area contributed by atoms with Gasteiger partial charge in [0.2, 0.25) is 10.0 Å². The van der Waals surface area contributed by atoms with Gasteiger partial charge >= 0.3 is 0 Å². The normalized spacial score (nSPS) is 20.1. The lowest BCUT2D eigenvalue weighted by atomic mass is 9.76. The van der Waals surface area contributed by atoms with Crippen LogP contribution >= 0.6 is 11.3 Å². The molecular weight excluding hydrogens is 304 g/mol. The molecule has 1 aromatic rings. The van der Waals surface area contributed by atoms with Crippen molar-refractivity contribution in [3.8, 4) is 0 Å². The lowest BCUT2D eigenvalue weighted by Gasteiger charge is -2.38. The highest BCUT2D eigenvalue weighted by Crippen LogP contribution is 2.38. The minimum absolute atomic E-state index is 0.105. The first-order valence-corrected chi connectivity index (χ1v) is 9.76. The van der Waals surface area contributed by atoms with Crippen LogP contribution in [0.5, 0.6) is 0 Å². The van der Waals surface area contributed by atoms with Gasteiger partial charge in [0.25, 0.3) is 0 Å². The molecule has 0 aromatic carbocycles. The van der Waals surface area contributed by atoms with Crippen LogP contribution in [0, 0.1) is 12.3 Å². The van der Waals surface area contributed by atoms with Crippen LogP contribution in [-0.2, 0) is 16.6 Å². The minimum atomic E-state index is -3.44. The van der Waals surface area contributed by atoms with E-state index in [0.29, 0.717) is 10.3 Å². The number of hydrogen-bond acceptors (Lipinski definition) is 4. The van der Waals surface area contributed by atoms with Gasteiger partial charge in [0.15, 0.2) is 0 Å². The molecule has 1 heterocycles. The molecule has 1 aliphatic carbocycles. The summed E-state index contributed by atoms with van der Waals surface area (Å²) in [7, 11) is -1.72. The predicted molar refractivity (Wildman–Crippen MR) is 87.9 cm³/mol. The third kappa shape index (κ3) is 3.33. The van der Waals surface area contributed by atoms with Gasteiger partial charge < -0.3 is 5.73 Å². The molecule has 0 amide bonds. The Morgan fingerprint density at radius 1 is 1.38 bits per heavy atom. The smallest absolute Gasteiger partial charge is 0.244 e. The summed E-state index contributed by atoms with van der Waals surface area (Å²) < 4.78 is 27.4. The van der Waals surface area contributed by atoms with Crippen molar-refractivity contribution in [1.29, 1.82) is 0 Å². The highest BCUT2D eigenvalue weighted by Gasteiger charge is 2.35. The number of sulfonamides is 1. The van der Waals surface area contributed by atoms with Crippen LogP contribution in [0.1, 0.15) is 50.0 Å². The number of nitrogens with two attached hydrogens (primary N) is 1. The van der Waals surface area contributed by atoms with Gasteiger partial charge in [-0.25, -0.2) is 8.42 Å². The van der Waals surface area contributed by atoms with Gasteiger partial charge in [-0.2, -0.15) is 4.31 Å². The van der Waals surface area contributed by atoms with E-state index in [2.05, 4.69) is 13.8 Å². The SMILES string of the molecule is Cc1csc(CN)c1S(=O)(=O)N(C)C1CCC(C)(C)CC1. The fourth-order valence-electron chi connectivity index (χ4n) is 3.06. The van der Waals surface area contributed by atoms with Gasteiger partial charge in [0.1, 0.15) is 4.90 Å². The summed E-state index contributed by atoms with van der Waals surface area (Å²) >= 11 is 1.44. The highest BCUT2D eigenvalue weighted by molar-refractivity contribution is 7.89. The summed E-state index contributed by atoms with van der Waals surface area (Å²) in [5.74, 6) is 0. The maximum Gasteiger partial charge on any atom is 0.244 e. The Hall–Kier alpha value is -0.430. The molecule has 1 aromatic heterocycles. The standard InChI is InChI=1S/C15H26N2O2S2/c1-11-10-20-13(9-16)14(11)21(18,19)17(4)12-5-7-15(2,3)8-6-12/h10,12H,5-9,16H2,1-4H3. The molecule has 1 aliphatic rings. The molecule has 6 heteroatoms. The van der Waals surface area contributed by atoms with Crippen molar-refractivity contribution in [2.75, 3.05) is 7.05 Å². The monoisotopic (exact) mass is 330 g/mol. The first kappa shape index (κ1) is 16.9. The van der Waals surface area contributed by atoms with E-state index in [9.17, 15) is 8.42 Å². The van der Waals surface area contributed by atoms with E-state index in [0.717, 1.165) is 36.1 Å². The Morgan fingerprint density at radius 2 is 1.95 bits per heavy atom. The molecule has 0 unspecified atom stereocenters. The summed E-state index contributed by atoms with van der Waals surface area (Å²) in [6.07, 6.45) is 4.02. The Bertz CT molecular complexity index is 595. The Balaban J connectivity index is 2.25. The fraction of sp³-hybridized carbons (Fsp3) is 0.733. The summed E-state index contributed by atoms with van der Waals surface area (Å²) in [5, 5.41) is 1.88. The van der Waals surface area contributed by atoms with Gasteiger partial charge in [0, 0.05) is 24.5 Å². The third-order valence-corrected chi connectivity index (χ3v) is 8.03. The molecule has 0 spiro atoms. The quantitative estimate of drug-likeness (QED) is 0.922. The van der Waals surface area contributed by atoms with Crippen LogP contribution < -0.4 is 5.73 Å². The summed E-state index contributed by atoms with van der Waals surface area (Å²) in [6, 6.07) is 0.105. The van der Waals surface area contributed by atoms with Gasteiger partial charge in [-0.05, 0) is 49.0 Å². The second-order valence-electron chi connectivity index (χ2n) is 6.79. The lowest BCUT2D eigenvalue weighted by Crippen LogP contribution is -2.41. The maximum absolute atomic E-state index is 12.9. The molecule has 1 fully saturated rings. The van der Waals surface area contributed by atoms with Gasteiger partial charge in [-0.3, -0.25) is 0 Å². The van der Waals surface area contributed by atoms with Crippen molar-refractivity contribution in [3.63, 3.8) is 0 Å². The minimum Gasteiger partial charge on any atom is -0.326 e. The topological polar surface area (TPSA) is 63.4 Å². The number of aryl methyl sites for hydroxylation is 1. The average Bonchev–Trinajstić information content (AvgIpc) is 2.79. The van der Waals surface area contributed by atoms with Crippen molar-refractivity contribution in [2.45, 2.75) is 63.9 Å². The molecule has 120 valence electrons. The van der Waals surface area contributed by atoms with Crippen molar-refractivity contribution in [2.24, 2.45) is 11.1 Å². The number of nitrogens with zero attached hydrogens (tertiary/aromatic N) is 1. The van der Waals surface area contributed by atoms with Crippen molar-refractivity contribution in [3.05, 3.63) is 15.8 Å². The largest absolute Gasteiger partial charge is 0.326 e. The van der Waals surface area contributed by atoms with E-state index in [1.807, 2.05) is 12.3 Å². The Morgan fingerprint density at radius 3 is 2.48 bits per heavy atom. The number of hydrogen-bond donors (Lipinski definition) is 1. The molecule has 4 nitrogen and oxygen atoms in total. The fourth-order valence-corrected chi connectivity index (χ4v) is 6.13. The molecule has 2 rings (SSSR count). The van der Waals surface area contributed by atoms with Crippen LogP contribution in [-0.4, -0.2) is 25.8 Å². The van der Waals surface area contributed by atoms with E-state index in [1.165, 1.54) is 11.3 Å². The molecule has 2 N–H and O–H groups in total. The van der Waals surface area contributed by atoms with E-state index in [-0.39, 0.29) is 12.6 Å². The van der Waals surface area contributed by atoms with Gasteiger partial charge in [-0.1, -0.05) is 13.8 Å². The van der Waals surface area contributed by atoms with Gasteiger partial charge in [0.05, 0.1) is 0 Å². The number of thiophene rings is 1. The van der Waals surface area contributed by atoms with Crippen molar-refractivity contribution in [1.82, 2.24) is 4.31 Å². The molecular formula is C15H26N2O2S2. The second-order valence-corrected chi connectivity index (χ2v) is 9.69. The molecule has 0 saturated heterocycles. The summed E-state index contributed by atoms with van der Waals surface area (Å²) in [5.41, 5.74) is 6.85. The molecule has 0 bridgehead atoms.